The zero-order valence-electron chi connectivity index (χ0n) is 11.7. The molecular weight excluding hydrogens is 294 g/mol. The van der Waals surface area contributed by atoms with E-state index in [0.29, 0.717) is 5.92 Å². The Bertz CT molecular complexity index is 447. The number of nitrogens with zero attached hydrogens (tertiary/aromatic N) is 3. The van der Waals surface area contributed by atoms with Gasteiger partial charge in [0.2, 0.25) is 0 Å². The smallest absolute Gasteiger partial charge is 0.313 e. The van der Waals surface area contributed by atoms with Crippen molar-refractivity contribution in [3.63, 3.8) is 0 Å². The quantitative estimate of drug-likeness (QED) is 0.529. The number of aliphatic carboxylic acids is 1. The second kappa shape index (κ2) is 7.93. The van der Waals surface area contributed by atoms with Crippen LogP contribution in [0.2, 0.25) is 0 Å². The van der Waals surface area contributed by atoms with Crippen LogP contribution in [0.25, 0.3) is 0 Å². The van der Waals surface area contributed by atoms with Crippen molar-refractivity contribution in [2.75, 3.05) is 17.8 Å². The van der Waals surface area contributed by atoms with E-state index in [1.54, 1.807) is 0 Å². The van der Waals surface area contributed by atoms with Gasteiger partial charge in [0.25, 0.3) is 0 Å². The van der Waals surface area contributed by atoms with Crippen LogP contribution in [0.1, 0.15) is 43.8 Å². The highest BCUT2D eigenvalue weighted by atomic mass is 32.2. The monoisotopic (exact) mass is 315 g/mol. The van der Waals surface area contributed by atoms with Crippen LogP contribution in [-0.4, -0.2) is 43.6 Å². The van der Waals surface area contributed by atoms with Crippen molar-refractivity contribution in [3.8, 4) is 0 Å². The van der Waals surface area contributed by atoms with E-state index >= 15 is 0 Å². The predicted molar refractivity (Wildman–Crippen MR) is 82.6 cm³/mol. The summed E-state index contributed by atoms with van der Waals surface area (Å²) < 4.78 is 2.14. The Kier molecular flexibility index (Phi) is 6.22. The Balaban J connectivity index is 1.91. The van der Waals surface area contributed by atoms with Gasteiger partial charge in [-0.25, -0.2) is 0 Å². The van der Waals surface area contributed by atoms with E-state index < -0.39 is 5.97 Å². The lowest BCUT2D eigenvalue weighted by Crippen LogP contribution is -2.06. The van der Waals surface area contributed by atoms with Crippen LogP contribution < -0.4 is 0 Å². The Morgan fingerprint density at radius 2 is 2.15 bits per heavy atom. The lowest BCUT2D eigenvalue weighted by atomic mass is 10.2. The van der Waals surface area contributed by atoms with Gasteiger partial charge in [0.15, 0.2) is 5.16 Å². The molecule has 1 saturated carbocycles. The van der Waals surface area contributed by atoms with Gasteiger partial charge in [-0.3, -0.25) is 4.79 Å². The molecule has 0 unspecified atom stereocenters. The first-order valence-electron chi connectivity index (χ1n) is 6.99. The van der Waals surface area contributed by atoms with Gasteiger partial charge in [-0.2, -0.15) is 11.8 Å². The number of carbonyl (C=O) groups is 1. The van der Waals surface area contributed by atoms with Gasteiger partial charge in [0, 0.05) is 12.5 Å². The molecule has 1 aromatic heterocycles. The van der Waals surface area contributed by atoms with Crippen molar-refractivity contribution in [3.05, 3.63) is 5.82 Å². The fourth-order valence-electron chi connectivity index (χ4n) is 2.08. The van der Waals surface area contributed by atoms with Crippen molar-refractivity contribution >= 4 is 29.5 Å². The van der Waals surface area contributed by atoms with E-state index in [0.717, 1.165) is 23.9 Å². The molecule has 2 rings (SSSR count). The maximum absolute atomic E-state index is 10.7. The van der Waals surface area contributed by atoms with Crippen LogP contribution in [-0.2, 0) is 11.3 Å². The van der Waals surface area contributed by atoms with E-state index in [1.807, 2.05) is 11.8 Å². The average Bonchev–Trinajstić information content (AvgIpc) is 3.18. The minimum absolute atomic E-state index is 0.0509. The summed E-state index contributed by atoms with van der Waals surface area (Å²) in [6.07, 6.45) is 8.05. The van der Waals surface area contributed by atoms with Crippen molar-refractivity contribution in [1.82, 2.24) is 14.8 Å². The first kappa shape index (κ1) is 15.7. The Morgan fingerprint density at radius 1 is 1.35 bits per heavy atom. The van der Waals surface area contributed by atoms with Crippen LogP contribution in [0.4, 0.5) is 0 Å². The third kappa shape index (κ3) is 4.70. The fourth-order valence-corrected chi connectivity index (χ4v) is 3.26. The summed E-state index contributed by atoms with van der Waals surface area (Å²) in [5.74, 6) is 2.06. The number of aromatic nitrogens is 3. The highest BCUT2D eigenvalue weighted by molar-refractivity contribution is 7.99. The Labute approximate surface area is 127 Å². The molecule has 1 heterocycles. The first-order chi connectivity index (χ1) is 9.72. The number of unbranched alkanes of at least 4 members (excludes halogenated alkanes) is 2. The molecule has 0 aromatic carbocycles. The van der Waals surface area contributed by atoms with E-state index in [9.17, 15) is 4.79 Å². The van der Waals surface area contributed by atoms with Crippen LogP contribution >= 0.6 is 23.5 Å². The molecule has 1 aliphatic rings. The first-order valence-corrected chi connectivity index (χ1v) is 9.37. The largest absolute Gasteiger partial charge is 0.481 e. The third-order valence-electron chi connectivity index (χ3n) is 3.24. The normalized spacial score (nSPS) is 14.7. The molecule has 0 saturated heterocycles. The number of hydrogen-bond donors (Lipinski definition) is 1. The Hall–Kier alpha value is -0.690. The third-order valence-corrected chi connectivity index (χ3v) is 4.89. The molecule has 20 heavy (non-hydrogen) atoms. The summed E-state index contributed by atoms with van der Waals surface area (Å²) in [4.78, 5) is 10.7. The molecule has 0 radical (unpaired) electrons. The molecule has 1 aliphatic carbocycles. The predicted octanol–water partition coefficient (Wildman–Crippen LogP) is 2.87. The van der Waals surface area contributed by atoms with Crippen molar-refractivity contribution < 1.29 is 9.90 Å². The molecule has 0 amide bonds. The van der Waals surface area contributed by atoms with Crippen LogP contribution in [0.15, 0.2) is 5.16 Å². The topological polar surface area (TPSA) is 68.0 Å². The second-order valence-electron chi connectivity index (χ2n) is 5.00. The summed E-state index contributed by atoms with van der Waals surface area (Å²) in [7, 11) is 0. The minimum atomic E-state index is -0.808. The van der Waals surface area contributed by atoms with Gasteiger partial charge in [0.1, 0.15) is 5.82 Å². The van der Waals surface area contributed by atoms with E-state index in [4.69, 9.17) is 5.11 Å². The molecule has 1 N–H and O–H groups in total. The van der Waals surface area contributed by atoms with E-state index in [2.05, 4.69) is 21.0 Å². The summed E-state index contributed by atoms with van der Waals surface area (Å²) in [6.45, 7) is 0.912. The van der Waals surface area contributed by atoms with Crippen molar-refractivity contribution in [2.24, 2.45) is 0 Å². The van der Waals surface area contributed by atoms with E-state index in [1.165, 1.54) is 43.2 Å². The van der Waals surface area contributed by atoms with Gasteiger partial charge in [-0.1, -0.05) is 18.2 Å². The van der Waals surface area contributed by atoms with Crippen molar-refractivity contribution in [1.29, 1.82) is 0 Å². The summed E-state index contributed by atoms with van der Waals surface area (Å²) in [5.41, 5.74) is 0. The average molecular weight is 315 g/mol. The maximum atomic E-state index is 10.7. The van der Waals surface area contributed by atoms with Gasteiger partial charge < -0.3 is 9.67 Å². The van der Waals surface area contributed by atoms with Gasteiger partial charge >= 0.3 is 5.97 Å². The number of carboxylic acids is 1. The fraction of sp³-hybridized carbons (Fsp3) is 0.769. The molecular formula is C13H21N3O2S2. The molecule has 112 valence electrons. The standard InChI is InChI=1S/C13H21N3O2S2/c1-19-8-4-2-3-7-16-12(10-5-6-10)14-15-13(16)20-9-11(17)18/h10H,2-9H2,1H3,(H,17,18). The highest BCUT2D eigenvalue weighted by Crippen LogP contribution is 2.40. The lowest BCUT2D eigenvalue weighted by molar-refractivity contribution is -0.133. The molecule has 7 heteroatoms. The Morgan fingerprint density at radius 3 is 2.80 bits per heavy atom. The molecule has 0 atom stereocenters. The molecule has 1 fully saturated rings. The number of carboxylic acid groups (broad SMARTS) is 1. The zero-order chi connectivity index (χ0) is 14.4. The molecule has 0 spiro atoms. The maximum Gasteiger partial charge on any atom is 0.313 e. The summed E-state index contributed by atoms with van der Waals surface area (Å²) in [6, 6.07) is 0. The van der Waals surface area contributed by atoms with Gasteiger partial charge in [0.05, 0.1) is 5.75 Å². The van der Waals surface area contributed by atoms with Crippen molar-refractivity contribution in [2.45, 2.75) is 49.7 Å². The summed E-state index contributed by atoms with van der Waals surface area (Å²) >= 11 is 3.16. The highest BCUT2D eigenvalue weighted by Gasteiger charge is 2.30. The van der Waals surface area contributed by atoms with Crippen LogP contribution in [0.3, 0.4) is 0 Å². The molecule has 1 aromatic rings. The summed E-state index contributed by atoms with van der Waals surface area (Å²) in [5, 5.41) is 18.0. The number of rotatable bonds is 10. The van der Waals surface area contributed by atoms with E-state index in [-0.39, 0.29) is 5.75 Å². The number of hydrogen-bond acceptors (Lipinski definition) is 5. The zero-order valence-corrected chi connectivity index (χ0v) is 13.4. The van der Waals surface area contributed by atoms with Gasteiger partial charge in [-0.05, 0) is 37.7 Å². The second-order valence-corrected chi connectivity index (χ2v) is 6.93. The SMILES string of the molecule is CSCCCCCn1c(SCC(=O)O)nnc1C1CC1. The van der Waals surface area contributed by atoms with Crippen LogP contribution in [0.5, 0.6) is 0 Å². The molecule has 0 bridgehead atoms. The number of thioether (sulfide) groups is 2. The molecule has 5 nitrogen and oxygen atoms in total. The molecule has 0 aliphatic heterocycles. The minimum Gasteiger partial charge on any atom is -0.481 e. The van der Waals surface area contributed by atoms with Crippen LogP contribution in [0, 0.1) is 0 Å². The lowest BCUT2D eigenvalue weighted by Gasteiger charge is -2.09. The van der Waals surface area contributed by atoms with Gasteiger partial charge in [-0.15, -0.1) is 10.2 Å².